The van der Waals surface area contributed by atoms with Gasteiger partial charge in [0, 0.05) is 23.9 Å². The van der Waals surface area contributed by atoms with Gasteiger partial charge in [-0.05, 0) is 12.5 Å². The van der Waals surface area contributed by atoms with Crippen LogP contribution in [0.2, 0.25) is 0 Å². The molecule has 0 radical (unpaired) electrons. The maximum absolute atomic E-state index is 10.8. The lowest BCUT2D eigenvalue weighted by Crippen LogP contribution is -2.18. The molecule has 2 unspecified atom stereocenters. The summed E-state index contributed by atoms with van der Waals surface area (Å²) in [5, 5.41) is 22.5. The molecule has 1 aliphatic carbocycles. The zero-order chi connectivity index (χ0) is 13.1. The Labute approximate surface area is 103 Å². The number of nitro groups is 1. The molecule has 6 heteroatoms. The predicted molar refractivity (Wildman–Crippen MR) is 65.4 cm³/mol. The van der Waals surface area contributed by atoms with E-state index in [1.165, 1.54) is 12.1 Å². The largest absolute Gasteiger partial charge is 0.481 e. The molecule has 18 heavy (non-hydrogen) atoms. The minimum Gasteiger partial charge on any atom is -0.481 e. The van der Waals surface area contributed by atoms with Crippen molar-refractivity contribution in [2.24, 2.45) is 5.92 Å². The summed E-state index contributed by atoms with van der Waals surface area (Å²) in [6.45, 7) is 0. The number of anilines is 1. The van der Waals surface area contributed by atoms with Crippen molar-refractivity contribution in [3.63, 3.8) is 0 Å². The van der Waals surface area contributed by atoms with Crippen LogP contribution in [0, 0.1) is 16.0 Å². The number of rotatable bonds is 4. The van der Waals surface area contributed by atoms with E-state index in [2.05, 4.69) is 5.32 Å². The lowest BCUT2D eigenvalue weighted by molar-refractivity contribution is -0.384. The van der Waals surface area contributed by atoms with Crippen LogP contribution >= 0.6 is 0 Å². The van der Waals surface area contributed by atoms with E-state index in [1.54, 1.807) is 24.3 Å². The summed E-state index contributed by atoms with van der Waals surface area (Å²) in [5.74, 6) is -1.34. The molecule has 1 aromatic carbocycles. The van der Waals surface area contributed by atoms with E-state index in [0.29, 0.717) is 12.1 Å². The average molecular weight is 248 g/mol. The van der Waals surface area contributed by atoms with Gasteiger partial charge in [0.15, 0.2) is 0 Å². The van der Waals surface area contributed by atoms with Crippen molar-refractivity contribution in [3.05, 3.63) is 46.5 Å². The van der Waals surface area contributed by atoms with Crippen molar-refractivity contribution in [1.29, 1.82) is 0 Å². The third-order valence-electron chi connectivity index (χ3n) is 2.81. The fraction of sp³-hybridized carbons (Fsp3) is 0.250. The highest BCUT2D eigenvalue weighted by Gasteiger charge is 2.24. The molecule has 6 nitrogen and oxygen atoms in total. The van der Waals surface area contributed by atoms with E-state index in [0.717, 1.165) is 0 Å². The Morgan fingerprint density at radius 3 is 2.83 bits per heavy atom. The van der Waals surface area contributed by atoms with E-state index >= 15 is 0 Å². The molecule has 0 amide bonds. The van der Waals surface area contributed by atoms with Crippen molar-refractivity contribution in [2.75, 3.05) is 5.32 Å². The molecule has 0 fully saturated rings. The molecular formula is C12H12N2O4. The molecule has 1 aromatic rings. The summed E-state index contributed by atoms with van der Waals surface area (Å²) in [6.07, 6.45) is 3.87. The third kappa shape index (κ3) is 2.65. The standard InChI is InChI=1S/C12H12N2O4/c15-12(16)8-4-5-10(6-8)13-9-2-1-3-11(7-9)14(17)18/h1-5,7-8,10,13H,6H2,(H,15,16). The number of carboxylic acids is 1. The van der Waals surface area contributed by atoms with Crippen molar-refractivity contribution >= 4 is 17.3 Å². The molecule has 0 saturated carbocycles. The molecule has 0 aliphatic heterocycles. The summed E-state index contributed by atoms with van der Waals surface area (Å²) in [4.78, 5) is 20.9. The second kappa shape index (κ2) is 4.87. The number of nitrogens with one attached hydrogen (secondary N) is 1. The number of non-ortho nitro benzene ring substituents is 1. The Morgan fingerprint density at radius 2 is 2.22 bits per heavy atom. The van der Waals surface area contributed by atoms with Crippen molar-refractivity contribution in [2.45, 2.75) is 12.5 Å². The zero-order valence-corrected chi connectivity index (χ0v) is 9.45. The first-order valence-electron chi connectivity index (χ1n) is 5.48. The minimum atomic E-state index is -0.852. The monoisotopic (exact) mass is 248 g/mol. The number of hydrogen-bond donors (Lipinski definition) is 2. The predicted octanol–water partition coefficient (Wildman–Crippen LogP) is 2.04. The van der Waals surface area contributed by atoms with Gasteiger partial charge in [0.2, 0.25) is 0 Å². The Bertz CT molecular complexity index is 513. The molecule has 0 saturated heterocycles. The fourth-order valence-corrected chi connectivity index (χ4v) is 1.91. The number of benzene rings is 1. The molecule has 0 aromatic heterocycles. The van der Waals surface area contributed by atoms with Gasteiger partial charge in [0.25, 0.3) is 5.69 Å². The van der Waals surface area contributed by atoms with Crippen LogP contribution in [0.25, 0.3) is 0 Å². The van der Waals surface area contributed by atoms with Crippen LogP contribution in [0.4, 0.5) is 11.4 Å². The highest BCUT2D eigenvalue weighted by molar-refractivity contribution is 5.73. The van der Waals surface area contributed by atoms with E-state index < -0.39 is 16.8 Å². The minimum absolute atomic E-state index is 0.0109. The Hall–Kier alpha value is -2.37. The van der Waals surface area contributed by atoms with Gasteiger partial charge in [-0.2, -0.15) is 0 Å². The van der Waals surface area contributed by atoms with Crippen molar-refractivity contribution in [3.8, 4) is 0 Å². The topological polar surface area (TPSA) is 92.5 Å². The number of aliphatic carboxylic acids is 1. The normalized spacial score (nSPS) is 21.8. The van der Waals surface area contributed by atoms with Gasteiger partial charge in [0.05, 0.1) is 10.8 Å². The molecule has 2 N–H and O–H groups in total. The van der Waals surface area contributed by atoms with E-state index in [-0.39, 0.29) is 11.7 Å². The summed E-state index contributed by atoms with van der Waals surface area (Å²) in [7, 11) is 0. The summed E-state index contributed by atoms with van der Waals surface area (Å²) in [6, 6.07) is 6.05. The lowest BCUT2D eigenvalue weighted by atomic mass is 10.1. The average Bonchev–Trinajstić information content (AvgIpc) is 2.78. The molecule has 0 bridgehead atoms. The van der Waals surface area contributed by atoms with Crippen molar-refractivity contribution in [1.82, 2.24) is 0 Å². The quantitative estimate of drug-likeness (QED) is 0.483. The van der Waals surface area contributed by atoms with Crippen LogP contribution < -0.4 is 5.32 Å². The van der Waals surface area contributed by atoms with Gasteiger partial charge in [-0.3, -0.25) is 14.9 Å². The van der Waals surface area contributed by atoms with E-state index in [4.69, 9.17) is 5.11 Å². The van der Waals surface area contributed by atoms with Crippen LogP contribution in [0.15, 0.2) is 36.4 Å². The van der Waals surface area contributed by atoms with Crippen LogP contribution in [0.5, 0.6) is 0 Å². The molecular weight excluding hydrogens is 236 g/mol. The smallest absolute Gasteiger partial charge is 0.310 e. The molecule has 94 valence electrons. The maximum Gasteiger partial charge on any atom is 0.310 e. The second-order valence-corrected chi connectivity index (χ2v) is 4.12. The second-order valence-electron chi connectivity index (χ2n) is 4.12. The van der Waals surface area contributed by atoms with Gasteiger partial charge < -0.3 is 10.4 Å². The number of carboxylic acid groups (broad SMARTS) is 1. The van der Waals surface area contributed by atoms with Gasteiger partial charge in [-0.25, -0.2) is 0 Å². The zero-order valence-electron chi connectivity index (χ0n) is 9.45. The highest BCUT2D eigenvalue weighted by atomic mass is 16.6. The Kier molecular flexibility index (Phi) is 3.27. The first kappa shape index (κ1) is 12.1. The van der Waals surface area contributed by atoms with E-state index in [1.807, 2.05) is 0 Å². The van der Waals surface area contributed by atoms with Crippen molar-refractivity contribution < 1.29 is 14.8 Å². The SMILES string of the molecule is O=C(O)C1C=CC(Nc2cccc([N+](=O)[O-])c2)C1. The summed E-state index contributed by atoms with van der Waals surface area (Å²) in [5.41, 5.74) is 0.627. The maximum atomic E-state index is 10.8. The van der Waals surface area contributed by atoms with Crippen LogP contribution in [-0.4, -0.2) is 22.0 Å². The fourth-order valence-electron chi connectivity index (χ4n) is 1.91. The molecule has 0 spiro atoms. The highest BCUT2D eigenvalue weighted by Crippen LogP contribution is 2.23. The lowest BCUT2D eigenvalue weighted by Gasteiger charge is -2.13. The summed E-state index contributed by atoms with van der Waals surface area (Å²) >= 11 is 0. The third-order valence-corrected chi connectivity index (χ3v) is 2.81. The Balaban J connectivity index is 2.03. The number of nitrogens with zero attached hydrogens (tertiary/aromatic N) is 1. The van der Waals surface area contributed by atoms with Crippen LogP contribution in [0.3, 0.4) is 0 Å². The van der Waals surface area contributed by atoms with E-state index in [9.17, 15) is 14.9 Å². The van der Waals surface area contributed by atoms with Gasteiger partial charge in [0.1, 0.15) is 0 Å². The number of hydrogen-bond acceptors (Lipinski definition) is 4. The van der Waals surface area contributed by atoms with Crippen LogP contribution in [0.1, 0.15) is 6.42 Å². The van der Waals surface area contributed by atoms with Gasteiger partial charge >= 0.3 is 5.97 Å². The number of nitro benzene ring substituents is 1. The molecule has 0 heterocycles. The molecule has 2 rings (SSSR count). The van der Waals surface area contributed by atoms with Crippen LogP contribution in [-0.2, 0) is 4.79 Å². The molecule has 2 atom stereocenters. The van der Waals surface area contributed by atoms with Gasteiger partial charge in [-0.15, -0.1) is 0 Å². The number of carbonyl (C=O) groups is 1. The first-order chi connectivity index (χ1) is 8.56. The Morgan fingerprint density at radius 1 is 1.44 bits per heavy atom. The summed E-state index contributed by atoms with van der Waals surface area (Å²) < 4.78 is 0. The molecule has 1 aliphatic rings. The van der Waals surface area contributed by atoms with Gasteiger partial charge in [-0.1, -0.05) is 18.2 Å². The first-order valence-corrected chi connectivity index (χ1v) is 5.48.